The lowest BCUT2D eigenvalue weighted by Gasteiger charge is -2.38. The van der Waals surface area contributed by atoms with Crippen LogP contribution in [0.4, 0.5) is 0 Å². The van der Waals surface area contributed by atoms with Gasteiger partial charge in [-0.1, -0.05) is 18.2 Å². The summed E-state index contributed by atoms with van der Waals surface area (Å²) in [4.78, 5) is 17.3. The van der Waals surface area contributed by atoms with E-state index in [0.717, 1.165) is 16.5 Å². The summed E-state index contributed by atoms with van der Waals surface area (Å²) in [6, 6.07) is 11.6. The van der Waals surface area contributed by atoms with Gasteiger partial charge < -0.3 is 10.4 Å². The predicted octanol–water partition coefficient (Wildman–Crippen LogP) is 2.69. The van der Waals surface area contributed by atoms with Crippen molar-refractivity contribution in [2.24, 2.45) is 5.92 Å². The number of rotatable bonds is 5. The summed E-state index contributed by atoms with van der Waals surface area (Å²) < 4.78 is 1.68. The summed E-state index contributed by atoms with van der Waals surface area (Å²) in [5, 5.41) is 18.1. The fraction of sp³-hybridized carbons (Fsp3) is 0.350. The first-order valence-electron chi connectivity index (χ1n) is 9.01. The van der Waals surface area contributed by atoms with Crippen LogP contribution in [-0.4, -0.2) is 31.9 Å². The van der Waals surface area contributed by atoms with Crippen molar-refractivity contribution in [2.45, 2.75) is 38.5 Å². The number of fused-ring (bicyclic) bond motifs is 1. The molecule has 26 heavy (non-hydrogen) atoms. The van der Waals surface area contributed by atoms with Crippen LogP contribution < -0.4 is 5.32 Å². The van der Waals surface area contributed by atoms with E-state index in [0.29, 0.717) is 25.1 Å². The van der Waals surface area contributed by atoms with Crippen molar-refractivity contribution in [3.63, 3.8) is 0 Å². The third-order valence-electron chi connectivity index (χ3n) is 5.13. The molecule has 6 nitrogen and oxygen atoms in total. The highest BCUT2D eigenvalue weighted by Gasteiger charge is 2.36. The van der Waals surface area contributed by atoms with Crippen molar-refractivity contribution in [3.05, 3.63) is 60.0 Å². The van der Waals surface area contributed by atoms with Gasteiger partial charge in [-0.15, -0.1) is 0 Å². The van der Waals surface area contributed by atoms with Gasteiger partial charge in [-0.2, -0.15) is 5.10 Å². The molecule has 1 fully saturated rings. The van der Waals surface area contributed by atoms with E-state index in [4.69, 9.17) is 0 Å². The molecule has 1 atom stereocenters. The van der Waals surface area contributed by atoms with E-state index in [1.165, 1.54) is 0 Å². The normalized spacial score (nSPS) is 20.5. The second-order valence-electron chi connectivity index (χ2n) is 6.83. The molecule has 6 heteroatoms. The quantitative estimate of drug-likeness (QED) is 0.741. The Balaban J connectivity index is 1.64. The van der Waals surface area contributed by atoms with Crippen LogP contribution in [-0.2, 0) is 6.54 Å². The molecule has 0 bridgehead atoms. The molecule has 2 heterocycles. The summed E-state index contributed by atoms with van der Waals surface area (Å²) >= 11 is 0. The van der Waals surface area contributed by atoms with Crippen LogP contribution >= 0.6 is 0 Å². The SMILES string of the molecule is CCn1nccc1C(=O)NC(c1cnc2ccccc2c1)C1CC(O)C1. The molecule has 1 aliphatic rings. The molecule has 1 aromatic carbocycles. The van der Waals surface area contributed by atoms with Crippen LogP contribution in [0, 0.1) is 5.92 Å². The maximum atomic E-state index is 12.8. The number of aryl methyl sites for hydroxylation is 1. The van der Waals surface area contributed by atoms with Gasteiger partial charge in [0.25, 0.3) is 5.91 Å². The number of amides is 1. The number of para-hydroxylation sites is 1. The van der Waals surface area contributed by atoms with Gasteiger partial charge in [0.15, 0.2) is 0 Å². The molecule has 4 rings (SSSR count). The van der Waals surface area contributed by atoms with Gasteiger partial charge in [-0.25, -0.2) is 0 Å². The first-order chi connectivity index (χ1) is 12.7. The standard InChI is InChI=1S/C20H22N4O2/c1-2-24-18(7-8-22-24)20(26)23-19(14-10-16(25)11-14)15-9-13-5-3-4-6-17(13)21-12-15/h3-9,12,14,16,19,25H,2,10-11H2,1H3,(H,23,26). The predicted molar refractivity (Wildman–Crippen MR) is 98.6 cm³/mol. The van der Waals surface area contributed by atoms with Crippen molar-refractivity contribution in [1.82, 2.24) is 20.1 Å². The minimum Gasteiger partial charge on any atom is -0.393 e. The largest absolute Gasteiger partial charge is 0.393 e. The van der Waals surface area contributed by atoms with E-state index in [1.807, 2.05) is 37.4 Å². The van der Waals surface area contributed by atoms with Crippen molar-refractivity contribution >= 4 is 16.8 Å². The molecule has 1 amide bonds. The molecule has 1 aliphatic carbocycles. The van der Waals surface area contributed by atoms with Crippen molar-refractivity contribution < 1.29 is 9.90 Å². The minimum atomic E-state index is -0.283. The molecule has 2 N–H and O–H groups in total. The highest BCUT2D eigenvalue weighted by atomic mass is 16.3. The van der Waals surface area contributed by atoms with E-state index in [-0.39, 0.29) is 24.0 Å². The van der Waals surface area contributed by atoms with Crippen molar-refractivity contribution in [1.29, 1.82) is 0 Å². The molecule has 0 aliphatic heterocycles. The fourth-order valence-corrected chi connectivity index (χ4v) is 3.63. The summed E-state index contributed by atoms with van der Waals surface area (Å²) in [7, 11) is 0. The van der Waals surface area contributed by atoms with Crippen molar-refractivity contribution in [3.8, 4) is 0 Å². The Morgan fingerprint density at radius 2 is 2.15 bits per heavy atom. The van der Waals surface area contributed by atoms with Crippen LogP contribution in [0.2, 0.25) is 0 Å². The van der Waals surface area contributed by atoms with E-state index in [1.54, 1.807) is 16.9 Å². The van der Waals surface area contributed by atoms with E-state index in [9.17, 15) is 9.90 Å². The number of nitrogens with zero attached hydrogens (tertiary/aromatic N) is 3. The number of pyridine rings is 1. The lowest BCUT2D eigenvalue weighted by atomic mass is 9.75. The first-order valence-corrected chi connectivity index (χ1v) is 9.01. The van der Waals surface area contributed by atoms with Crippen LogP contribution in [0.15, 0.2) is 48.8 Å². The number of aliphatic hydroxyl groups is 1. The maximum Gasteiger partial charge on any atom is 0.270 e. The molecule has 0 radical (unpaired) electrons. The number of hydrogen-bond donors (Lipinski definition) is 2. The topological polar surface area (TPSA) is 80.0 Å². The third kappa shape index (κ3) is 3.08. The summed E-state index contributed by atoms with van der Waals surface area (Å²) in [5.41, 5.74) is 2.45. The van der Waals surface area contributed by atoms with Gasteiger partial charge >= 0.3 is 0 Å². The van der Waals surface area contributed by atoms with E-state index >= 15 is 0 Å². The monoisotopic (exact) mass is 350 g/mol. The van der Waals surface area contributed by atoms with Crippen LogP contribution in [0.5, 0.6) is 0 Å². The number of carbonyl (C=O) groups excluding carboxylic acids is 1. The maximum absolute atomic E-state index is 12.8. The third-order valence-corrected chi connectivity index (χ3v) is 5.13. The molecule has 1 unspecified atom stereocenters. The number of aromatic nitrogens is 3. The van der Waals surface area contributed by atoms with E-state index in [2.05, 4.69) is 21.5 Å². The Kier molecular flexibility index (Phi) is 4.42. The molecule has 134 valence electrons. The Bertz CT molecular complexity index is 930. The summed E-state index contributed by atoms with van der Waals surface area (Å²) in [5.74, 6) is 0.0545. The molecule has 3 aromatic rings. The number of nitrogens with one attached hydrogen (secondary N) is 1. The van der Waals surface area contributed by atoms with Gasteiger partial charge in [0.1, 0.15) is 5.69 Å². The Labute approximate surface area is 151 Å². The van der Waals surface area contributed by atoms with Crippen LogP contribution in [0.3, 0.4) is 0 Å². The van der Waals surface area contributed by atoms with Gasteiger partial charge in [-0.05, 0) is 49.4 Å². The summed E-state index contributed by atoms with van der Waals surface area (Å²) in [6.45, 7) is 2.59. The number of benzene rings is 1. The second-order valence-corrected chi connectivity index (χ2v) is 6.83. The fourth-order valence-electron chi connectivity index (χ4n) is 3.63. The summed E-state index contributed by atoms with van der Waals surface area (Å²) in [6.07, 6.45) is 4.55. The molecule has 0 spiro atoms. The highest BCUT2D eigenvalue weighted by molar-refractivity contribution is 5.92. The van der Waals surface area contributed by atoms with Crippen LogP contribution in [0.1, 0.15) is 41.9 Å². The Morgan fingerprint density at radius 1 is 1.35 bits per heavy atom. The Hall–Kier alpha value is -2.73. The molecular formula is C20H22N4O2. The van der Waals surface area contributed by atoms with Gasteiger partial charge in [0.2, 0.25) is 0 Å². The van der Waals surface area contributed by atoms with E-state index < -0.39 is 0 Å². The zero-order chi connectivity index (χ0) is 18.1. The minimum absolute atomic E-state index is 0.149. The zero-order valence-electron chi connectivity index (χ0n) is 14.7. The average Bonchev–Trinajstić information content (AvgIpc) is 3.12. The number of aliphatic hydroxyl groups excluding tert-OH is 1. The van der Waals surface area contributed by atoms with Gasteiger partial charge in [0.05, 0.1) is 17.7 Å². The molecule has 1 saturated carbocycles. The molecule has 0 saturated heterocycles. The lowest BCUT2D eigenvalue weighted by molar-refractivity contribution is 0.0234. The zero-order valence-corrected chi connectivity index (χ0v) is 14.7. The average molecular weight is 350 g/mol. The number of hydrogen-bond acceptors (Lipinski definition) is 4. The molecule has 2 aromatic heterocycles. The molecular weight excluding hydrogens is 328 g/mol. The van der Waals surface area contributed by atoms with Crippen LogP contribution in [0.25, 0.3) is 10.9 Å². The van der Waals surface area contributed by atoms with Gasteiger partial charge in [-0.3, -0.25) is 14.5 Å². The smallest absolute Gasteiger partial charge is 0.270 e. The highest BCUT2D eigenvalue weighted by Crippen LogP contribution is 2.38. The number of carbonyl (C=O) groups is 1. The lowest BCUT2D eigenvalue weighted by Crippen LogP contribution is -2.42. The Morgan fingerprint density at radius 3 is 2.92 bits per heavy atom. The second kappa shape index (κ2) is 6.88. The first kappa shape index (κ1) is 16.7. The van der Waals surface area contributed by atoms with Crippen molar-refractivity contribution in [2.75, 3.05) is 0 Å². The van der Waals surface area contributed by atoms with Gasteiger partial charge in [0, 0.05) is 24.3 Å².